The Kier molecular flexibility index (Phi) is 3.35. The Morgan fingerprint density at radius 3 is 2.43 bits per heavy atom. The van der Waals surface area contributed by atoms with E-state index in [0.29, 0.717) is 17.6 Å². The molecule has 0 heterocycles. The second-order valence-corrected chi connectivity index (χ2v) is 2.93. The van der Waals surface area contributed by atoms with E-state index in [-0.39, 0.29) is 11.6 Å². The minimum atomic E-state index is -0.351. The topological polar surface area (TPSA) is 17.1 Å². The van der Waals surface area contributed by atoms with E-state index in [1.165, 1.54) is 24.3 Å². The van der Waals surface area contributed by atoms with Crippen LogP contribution in [0.15, 0.2) is 49.1 Å². The van der Waals surface area contributed by atoms with Gasteiger partial charge >= 0.3 is 0 Å². The van der Waals surface area contributed by atoms with E-state index in [9.17, 15) is 9.18 Å². The number of halogens is 1. The maximum atomic E-state index is 12.5. The predicted molar refractivity (Wildman–Crippen MR) is 54.7 cm³/mol. The molecule has 1 aromatic carbocycles. The van der Waals surface area contributed by atoms with Crippen molar-refractivity contribution in [3.63, 3.8) is 0 Å². The Balaban J connectivity index is 2.84. The van der Waals surface area contributed by atoms with Crippen LogP contribution in [0.4, 0.5) is 4.39 Å². The summed E-state index contributed by atoms with van der Waals surface area (Å²) in [5, 5.41) is 0. The van der Waals surface area contributed by atoms with Crippen LogP contribution < -0.4 is 0 Å². The van der Waals surface area contributed by atoms with Crippen molar-refractivity contribution in [2.45, 2.75) is 6.42 Å². The molecule has 0 amide bonds. The molecule has 0 spiro atoms. The van der Waals surface area contributed by atoms with E-state index in [4.69, 9.17) is 0 Å². The maximum Gasteiger partial charge on any atom is 0.188 e. The molecule has 0 aliphatic heterocycles. The zero-order chi connectivity index (χ0) is 10.6. The van der Waals surface area contributed by atoms with Gasteiger partial charge in [0.25, 0.3) is 0 Å². The van der Waals surface area contributed by atoms with Crippen LogP contribution in [-0.4, -0.2) is 5.78 Å². The fourth-order valence-electron chi connectivity index (χ4n) is 1.07. The van der Waals surface area contributed by atoms with Crippen LogP contribution in [0, 0.1) is 5.82 Å². The number of rotatable bonds is 4. The van der Waals surface area contributed by atoms with Crippen molar-refractivity contribution in [1.29, 1.82) is 0 Å². The van der Waals surface area contributed by atoms with Crippen molar-refractivity contribution in [2.75, 3.05) is 0 Å². The van der Waals surface area contributed by atoms with Crippen molar-refractivity contribution in [3.8, 4) is 0 Å². The number of Topliss-reactive ketones (excluding diaryl/α,β-unsaturated/α-hetero) is 1. The van der Waals surface area contributed by atoms with Gasteiger partial charge < -0.3 is 0 Å². The van der Waals surface area contributed by atoms with Crippen molar-refractivity contribution < 1.29 is 9.18 Å². The third-order valence-corrected chi connectivity index (χ3v) is 1.82. The molecule has 2 heteroatoms. The maximum absolute atomic E-state index is 12.5. The second kappa shape index (κ2) is 4.51. The summed E-state index contributed by atoms with van der Waals surface area (Å²) in [6, 6.07) is 5.42. The normalized spacial score (nSPS) is 9.50. The fourth-order valence-corrected chi connectivity index (χ4v) is 1.07. The molecular weight excluding hydrogens is 179 g/mol. The highest BCUT2D eigenvalue weighted by Gasteiger charge is 2.08. The van der Waals surface area contributed by atoms with Crippen molar-refractivity contribution in [1.82, 2.24) is 0 Å². The summed E-state index contributed by atoms with van der Waals surface area (Å²) in [6.45, 7) is 7.15. The summed E-state index contributed by atoms with van der Waals surface area (Å²) >= 11 is 0. The SMILES string of the molecule is C=CCC(=C)C(=O)c1ccc(F)cc1. The van der Waals surface area contributed by atoms with E-state index >= 15 is 0 Å². The average molecular weight is 190 g/mol. The highest BCUT2D eigenvalue weighted by atomic mass is 19.1. The third-order valence-electron chi connectivity index (χ3n) is 1.82. The smallest absolute Gasteiger partial charge is 0.188 e. The highest BCUT2D eigenvalue weighted by molar-refractivity contribution is 6.08. The van der Waals surface area contributed by atoms with Crippen LogP contribution >= 0.6 is 0 Å². The zero-order valence-corrected chi connectivity index (χ0v) is 7.79. The van der Waals surface area contributed by atoms with Gasteiger partial charge in [-0.15, -0.1) is 6.58 Å². The monoisotopic (exact) mass is 190 g/mol. The molecule has 0 unspecified atom stereocenters. The summed E-state index contributed by atoms with van der Waals surface area (Å²) in [7, 11) is 0. The van der Waals surface area contributed by atoms with Gasteiger partial charge in [-0.25, -0.2) is 4.39 Å². The summed E-state index contributed by atoms with van der Waals surface area (Å²) in [4.78, 5) is 11.6. The third kappa shape index (κ3) is 2.39. The first-order valence-corrected chi connectivity index (χ1v) is 4.24. The first kappa shape index (κ1) is 10.4. The van der Waals surface area contributed by atoms with Crippen LogP contribution in [0.2, 0.25) is 0 Å². The van der Waals surface area contributed by atoms with Crippen LogP contribution in [-0.2, 0) is 0 Å². The highest BCUT2D eigenvalue weighted by Crippen LogP contribution is 2.10. The van der Waals surface area contributed by atoms with Crippen molar-refractivity contribution in [2.24, 2.45) is 0 Å². The van der Waals surface area contributed by atoms with Crippen LogP contribution in [0.5, 0.6) is 0 Å². The van der Waals surface area contributed by atoms with Gasteiger partial charge in [0.15, 0.2) is 5.78 Å². The quantitative estimate of drug-likeness (QED) is 0.405. The Hall–Kier alpha value is -1.70. The van der Waals surface area contributed by atoms with E-state index in [1.54, 1.807) is 6.08 Å². The molecule has 0 bridgehead atoms. The first-order valence-electron chi connectivity index (χ1n) is 4.24. The molecule has 0 aromatic heterocycles. The molecular formula is C12H11FO. The molecule has 0 atom stereocenters. The number of hydrogen-bond acceptors (Lipinski definition) is 1. The molecule has 0 saturated heterocycles. The van der Waals surface area contributed by atoms with Crippen LogP contribution in [0.3, 0.4) is 0 Å². The minimum absolute atomic E-state index is 0.162. The lowest BCUT2D eigenvalue weighted by Crippen LogP contribution is -2.01. The second-order valence-electron chi connectivity index (χ2n) is 2.93. The summed E-state index contributed by atoms with van der Waals surface area (Å²) < 4.78 is 12.5. The number of carbonyl (C=O) groups excluding carboxylic acids is 1. The molecule has 1 aromatic rings. The molecule has 0 fully saturated rings. The van der Waals surface area contributed by atoms with Gasteiger partial charge in [-0.05, 0) is 36.3 Å². The zero-order valence-electron chi connectivity index (χ0n) is 7.79. The van der Waals surface area contributed by atoms with Gasteiger partial charge in [-0.3, -0.25) is 4.79 Å². The molecule has 0 aliphatic carbocycles. The molecule has 0 saturated carbocycles. The summed E-state index contributed by atoms with van der Waals surface area (Å²) in [6.07, 6.45) is 2.07. The number of hydrogen-bond donors (Lipinski definition) is 0. The van der Waals surface area contributed by atoms with Crippen molar-refractivity contribution >= 4 is 5.78 Å². The van der Waals surface area contributed by atoms with Crippen molar-refractivity contribution in [3.05, 3.63) is 60.5 Å². The largest absolute Gasteiger partial charge is 0.289 e. The van der Waals surface area contributed by atoms with E-state index in [2.05, 4.69) is 13.2 Å². The van der Waals surface area contributed by atoms with E-state index < -0.39 is 0 Å². The lowest BCUT2D eigenvalue weighted by atomic mass is 10.0. The molecule has 0 radical (unpaired) electrons. The van der Waals surface area contributed by atoms with E-state index in [1.807, 2.05) is 0 Å². The average Bonchev–Trinajstić information content (AvgIpc) is 2.18. The number of allylic oxidation sites excluding steroid dienone is 2. The lowest BCUT2D eigenvalue weighted by molar-refractivity contribution is 0.103. The Morgan fingerprint density at radius 2 is 1.93 bits per heavy atom. The Labute approximate surface area is 82.6 Å². The minimum Gasteiger partial charge on any atom is -0.289 e. The lowest BCUT2D eigenvalue weighted by Gasteiger charge is -2.01. The van der Waals surface area contributed by atoms with Crippen LogP contribution in [0.1, 0.15) is 16.8 Å². The summed E-state index contributed by atoms with van der Waals surface area (Å²) in [5.41, 5.74) is 0.921. The van der Waals surface area contributed by atoms with Gasteiger partial charge in [0.05, 0.1) is 0 Å². The molecule has 0 aliphatic rings. The van der Waals surface area contributed by atoms with E-state index in [0.717, 1.165) is 0 Å². The number of carbonyl (C=O) groups is 1. The predicted octanol–water partition coefficient (Wildman–Crippen LogP) is 3.14. The van der Waals surface area contributed by atoms with Gasteiger partial charge in [0.2, 0.25) is 0 Å². The number of benzene rings is 1. The number of ketones is 1. The van der Waals surface area contributed by atoms with Gasteiger partial charge in [0.1, 0.15) is 5.82 Å². The van der Waals surface area contributed by atoms with Gasteiger partial charge in [-0.2, -0.15) is 0 Å². The Bertz CT molecular complexity index is 362. The molecule has 72 valence electrons. The standard InChI is InChI=1S/C12H11FO/c1-3-4-9(2)12(14)10-5-7-11(13)8-6-10/h3,5-8H,1-2,4H2. The van der Waals surface area contributed by atoms with Crippen LogP contribution in [0.25, 0.3) is 0 Å². The first-order chi connectivity index (χ1) is 6.65. The Morgan fingerprint density at radius 1 is 1.36 bits per heavy atom. The molecule has 0 N–H and O–H groups in total. The molecule has 14 heavy (non-hydrogen) atoms. The molecule has 1 nitrogen and oxygen atoms in total. The van der Waals surface area contributed by atoms with Gasteiger partial charge in [0, 0.05) is 5.56 Å². The van der Waals surface area contributed by atoms with Gasteiger partial charge in [-0.1, -0.05) is 12.7 Å². The summed E-state index contributed by atoms with van der Waals surface area (Å²) in [5.74, 6) is -0.513. The fraction of sp³-hybridized carbons (Fsp3) is 0.0833. The molecule has 1 rings (SSSR count).